The number of nitrogens with one attached hydrogen (secondary N) is 2. The molecule has 0 radical (unpaired) electrons. The number of piperidine rings is 3. The van der Waals surface area contributed by atoms with Gasteiger partial charge in [-0.2, -0.15) is 0 Å². The van der Waals surface area contributed by atoms with Crippen LogP contribution in [0.4, 0.5) is 0 Å². The van der Waals surface area contributed by atoms with E-state index < -0.39 is 5.54 Å². The minimum atomic E-state index is -0.720. The fourth-order valence-corrected chi connectivity index (χ4v) is 8.06. The van der Waals surface area contributed by atoms with Gasteiger partial charge in [0.2, 0.25) is 0 Å². The average molecular weight is 625 g/mol. The van der Waals surface area contributed by atoms with Crippen LogP contribution in [0, 0.1) is 11.8 Å². The summed E-state index contributed by atoms with van der Waals surface area (Å²) < 4.78 is 5.67. The standard InChI is InChI=1S/C40H40N4OS/c1-3-28-27-44-24-22-29(28)25-37(44)38(34-21-23-41-36-20-19-33(45-2)26-35(34)36)42-39(46)43-40(30-13-7-4-8-14-30,31-15-9-5-10-16-31)32-17-11-6-12-18-32/h3-21,23,26,28-29,37-38H,1,22,24-25,27H2,2H3,(H2,42,43,46)/t28-,29-,37+,38+/m0/s1. The van der Waals surface area contributed by atoms with Gasteiger partial charge < -0.3 is 15.4 Å². The molecule has 0 aliphatic carbocycles. The van der Waals surface area contributed by atoms with Crippen LogP contribution in [0.3, 0.4) is 0 Å². The number of thiocarbonyl (C=S) groups is 1. The number of fused-ring (bicyclic) bond motifs is 4. The third-order valence-electron chi connectivity index (χ3n) is 10.1. The van der Waals surface area contributed by atoms with Gasteiger partial charge in [0.05, 0.1) is 18.7 Å². The zero-order chi connectivity index (χ0) is 31.5. The van der Waals surface area contributed by atoms with Gasteiger partial charge >= 0.3 is 0 Å². The fourth-order valence-electron chi connectivity index (χ4n) is 7.78. The van der Waals surface area contributed by atoms with Gasteiger partial charge in [-0.05, 0) is 90.0 Å². The molecule has 4 aromatic carbocycles. The number of hydrogen-bond acceptors (Lipinski definition) is 4. The van der Waals surface area contributed by atoms with Crippen LogP contribution < -0.4 is 15.4 Å². The second-order valence-electron chi connectivity index (χ2n) is 12.5. The van der Waals surface area contributed by atoms with Crippen LogP contribution in [-0.4, -0.2) is 41.2 Å². The van der Waals surface area contributed by atoms with E-state index in [9.17, 15) is 0 Å². The Balaban J connectivity index is 1.33. The number of hydrogen-bond donors (Lipinski definition) is 2. The predicted molar refractivity (Wildman–Crippen MR) is 191 cm³/mol. The minimum Gasteiger partial charge on any atom is -0.497 e. The van der Waals surface area contributed by atoms with E-state index >= 15 is 0 Å². The SMILES string of the molecule is C=C[C@H]1CN2CC[C@H]1C[C@@H]2[C@H](NC(=S)NC(c1ccccc1)(c1ccccc1)c1ccccc1)c1ccnc2ccc(OC)cc12. The molecule has 3 fully saturated rings. The lowest BCUT2D eigenvalue weighted by Gasteiger charge is -2.52. The zero-order valence-corrected chi connectivity index (χ0v) is 27.0. The monoisotopic (exact) mass is 624 g/mol. The zero-order valence-electron chi connectivity index (χ0n) is 26.2. The van der Waals surface area contributed by atoms with Crippen LogP contribution in [0.15, 0.2) is 134 Å². The Kier molecular flexibility index (Phi) is 8.57. The molecule has 232 valence electrons. The number of rotatable bonds is 9. The summed E-state index contributed by atoms with van der Waals surface area (Å²) in [5, 5.41) is 9.47. The summed E-state index contributed by atoms with van der Waals surface area (Å²) in [4.78, 5) is 7.35. The maximum Gasteiger partial charge on any atom is 0.168 e. The molecule has 3 aliphatic rings. The van der Waals surface area contributed by atoms with Gasteiger partial charge in [-0.1, -0.05) is 97.1 Å². The Hall–Kier alpha value is -4.52. The molecule has 2 bridgehead atoms. The summed E-state index contributed by atoms with van der Waals surface area (Å²) in [6.45, 7) is 6.27. The predicted octanol–water partition coefficient (Wildman–Crippen LogP) is 7.64. The van der Waals surface area contributed by atoms with Crippen LogP contribution in [-0.2, 0) is 5.54 Å². The van der Waals surface area contributed by atoms with Crippen molar-refractivity contribution in [2.45, 2.75) is 30.5 Å². The Labute approximate surface area is 277 Å². The van der Waals surface area contributed by atoms with Gasteiger partial charge in [-0.25, -0.2) is 0 Å². The largest absolute Gasteiger partial charge is 0.497 e. The first-order valence-corrected chi connectivity index (χ1v) is 16.6. The van der Waals surface area contributed by atoms with E-state index in [0.29, 0.717) is 16.9 Å². The van der Waals surface area contributed by atoms with E-state index in [0.717, 1.165) is 52.9 Å². The maximum absolute atomic E-state index is 6.35. The summed E-state index contributed by atoms with van der Waals surface area (Å²) >= 11 is 6.35. The van der Waals surface area contributed by atoms with E-state index in [1.54, 1.807) is 7.11 Å². The quantitative estimate of drug-likeness (QED) is 0.0999. The van der Waals surface area contributed by atoms with Gasteiger partial charge in [0.15, 0.2) is 5.11 Å². The van der Waals surface area contributed by atoms with E-state index in [2.05, 4.69) is 131 Å². The topological polar surface area (TPSA) is 49.4 Å². The lowest BCUT2D eigenvalue weighted by atomic mass is 9.73. The van der Waals surface area contributed by atoms with Crippen LogP contribution in [0.2, 0.25) is 0 Å². The Morgan fingerprint density at radius 1 is 0.935 bits per heavy atom. The Bertz CT molecular complexity index is 1720. The number of aromatic nitrogens is 1. The van der Waals surface area contributed by atoms with Crippen molar-refractivity contribution in [3.8, 4) is 5.75 Å². The maximum atomic E-state index is 6.35. The molecular weight excluding hydrogens is 585 g/mol. The number of benzene rings is 4. The molecule has 6 heteroatoms. The number of methoxy groups -OCH3 is 1. The second-order valence-corrected chi connectivity index (χ2v) is 12.9. The van der Waals surface area contributed by atoms with E-state index in [1.807, 2.05) is 18.3 Å². The molecule has 3 aliphatic heterocycles. The smallest absolute Gasteiger partial charge is 0.168 e. The molecular formula is C40H40N4OS. The van der Waals surface area contributed by atoms with Crippen LogP contribution >= 0.6 is 12.2 Å². The Morgan fingerprint density at radius 3 is 2.11 bits per heavy atom. The molecule has 46 heavy (non-hydrogen) atoms. The van der Waals surface area contributed by atoms with Crippen molar-refractivity contribution >= 4 is 28.2 Å². The highest BCUT2D eigenvalue weighted by molar-refractivity contribution is 7.80. The van der Waals surface area contributed by atoms with Crippen LogP contribution in [0.25, 0.3) is 10.9 Å². The van der Waals surface area contributed by atoms with E-state index in [-0.39, 0.29) is 12.1 Å². The van der Waals surface area contributed by atoms with Crippen molar-refractivity contribution in [3.63, 3.8) is 0 Å². The average Bonchev–Trinajstić information content (AvgIpc) is 3.13. The van der Waals surface area contributed by atoms with Crippen molar-refractivity contribution < 1.29 is 4.74 Å². The molecule has 5 atom stereocenters. The number of nitrogens with zero attached hydrogens (tertiary/aromatic N) is 2. The highest BCUT2D eigenvalue weighted by atomic mass is 32.1. The fraction of sp³-hybridized carbons (Fsp3) is 0.250. The summed E-state index contributed by atoms with van der Waals surface area (Å²) in [5.74, 6) is 1.94. The van der Waals surface area contributed by atoms with Crippen molar-refractivity contribution in [1.29, 1.82) is 0 Å². The van der Waals surface area contributed by atoms with Gasteiger partial charge in [0.25, 0.3) is 0 Å². The van der Waals surface area contributed by atoms with Crippen molar-refractivity contribution in [2.75, 3.05) is 20.2 Å². The van der Waals surface area contributed by atoms with Crippen LogP contribution in [0.5, 0.6) is 5.75 Å². The number of pyridine rings is 1. The molecule has 0 saturated carbocycles. The van der Waals surface area contributed by atoms with Gasteiger partial charge in [0, 0.05) is 24.2 Å². The first kappa shape index (κ1) is 30.2. The normalized spacial score (nSPS) is 21.3. The Morgan fingerprint density at radius 2 is 1.57 bits per heavy atom. The molecule has 3 saturated heterocycles. The highest BCUT2D eigenvalue weighted by Crippen LogP contribution is 2.43. The molecule has 4 heterocycles. The molecule has 0 amide bonds. The summed E-state index contributed by atoms with van der Waals surface area (Å²) in [7, 11) is 1.71. The highest BCUT2D eigenvalue weighted by Gasteiger charge is 2.44. The molecule has 2 N–H and O–H groups in total. The molecule has 0 spiro atoms. The molecule has 5 nitrogen and oxygen atoms in total. The summed E-state index contributed by atoms with van der Waals surface area (Å²) in [5.41, 5.74) is 4.73. The van der Waals surface area contributed by atoms with E-state index in [1.165, 1.54) is 12.0 Å². The summed E-state index contributed by atoms with van der Waals surface area (Å²) in [6, 6.07) is 40.2. The lowest BCUT2D eigenvalue weighted by molar-refractivity contribution is 0.00425. The van der Waals surface area contributed by atoms with Crippen molar-refractivity contribution in [1.82, 2.24) is 20.5 Å². The van der Waals surface area contributed by atoms with Crippen molar-refractivity contribution in [3.05, 3.63) is 156 Å². The first-order chi connectivity index (χ1) is 22.6. The molecule has 1 aromatic heterocycles. The summed E-state index contributed by atoms with van der Waals surface area (Å²) in [6.07, 6.45) is 6.35. The lowest BCUT2D eigenvalue weighted by Crippen LogP contribution is -2.59. The minimum absolute atomic E-state index is 0.0776. The van der Waals surface area contributed by atoms with Gasteiger partial charge in [-0.15, -0.1) is 6.58 Å². The first-order valence-electron chi connectivity index (χ1n) is 16.1. The second kappa shape index (κ2) is 13.1. The van der Waals surface area contributed by atoms with Gasteiger partial charge in [-0.3, -0.25) is 9.88 Å². The van der Waals surface area contributed by atoms with Crippen molar-refractivity contribution in [2.24, 2.45) is 11.8 Å². The molecule has 5 aromatic rings. The third kappa shape index (κ3) is 5.57. The van der Waals surface area contributed by atoms with E-state index in [4.69, 9.17) is 21.9 Å². The third-order valence-corrected chi connectivity index (χ3v) is 10.3. The van der Waals surface area contributed by atoms with Crippen LogP contribution in [0.1, 0.15) is 41.1 Å². The molecule has 8 rings (SSSR count). The van der Waals surface area contributed by atoms with Gasteiger partial charge in [0.1, 0.15) is 11.3 Å². The number of ether oxygens (including phenoxy) is 1. The molecule has 1 unspecified atom stereocenters.